The van der Waals surface area contributed by atoms with E-state index in [1.807, 2.05) is 0 Å². The van der Waals surface area contributed by atoms with Crippen molar-refractivity contribution in [1.82, 2.24) is 5.32 Å². The average molecular weight is 440 g/mol. The zero-order valence-corrected chi connectivity index (χ0v) is 18.4. The minimum absolute atomic E-state index is 0.0990. The van der Waals surface area contributed by atoms with Crippen LogP contribution in [0.15, 0.2) is 34.0 Å². The summed E-state index contributed by atoms with van der Waals surface area (Å²) in [5, 5.41) is 14.6. The van der Waals surface area contributed by atoms with Gasteiger partial charge in [0.05, 0.1) is 27.5 Å². The molecule has 1 aromatic rings. The summed E-state index contributed by atoms with van der Waals surface area (Å²) in [6.45, 7) is 3.58. The largest absolute Gasteiger partial charge is 0.478 e. The van der Waals surface area contributed by atoms with Gasteiger partial charge >= 0.3 is 11.9 Å². The number of thiophene rings is 1. The summed E-state index contributed by atoms with van der Waals surface area (Å²) >= 11 is 7.63. The van der Waals surface area contributed by atoms with E-state index in [0.29, 0.717) is 27.2 Å². The smallest absolute Gasteiger partial charge is 0.336 e. The van der Waals surface area contributed by atoms with E-state index in [9.17, 15) is 14.7 Å². The first-order chi connectivity index (χ1) is 13.8. The lowest BCUT2D eigenvalue weighted by atomic mass is 9.81. The molecule has 2 aliphatic rings. The molecule has 6 nitrogen and oxygen atoms in total. The Morgan fingerprint density at radius 3 is 2.48 bits per heavy atom. The quantitative estimate of drug-likeness (QED) is 0.610. The molecule has 2 N–H and O–H groups in total. The highest BCUT2D eigenvalue weighted by molar-refractivity contribution is 7.14. The fourth-order valence-electron chi connectivity index (χ4n) is 4.33. The third kappa shape index (κ3) is 4.52. The number of carboxylic acid groups (broad SMARTS) is 1. The van der Waals surface area contributed by atoms with Gasteiger partial charge in [0.15, 0.2) is 0 Å². The van der Waals surface area contributed by atoms with Gasteiger partial charge in [0.1, 0.15) is 6.61 Å². The molecular weight excluding hydrogens is 414 g/mol. The Balaban J connectivity index is 1.88. The normalized spacial score (nSPS) is 21.3. The Morgan fingerprint density at radius 2 is 1.93 bits per heavy atom. The maximum Gasteiger partial charge on any atom is 0.336 e. The first-order valence-corrected chi connectivity index (χ1v) is 11.0. The van der Waals surface area contributed by atoms with Crippen molar-refractivity contribution in [2.75, 3.05) is 13.7 Å². The Labute approximate surface area is 179 Å². The molecule has 1 fully saturated rings. The zero-order valence-electron chi connectivity index (χ0n) is 16.8. The molecule has 0 amide bonds. The van der Waals surface area contributed by atoms with Crippen LogP contribution in [-0.4, -0.2) is 36.9 Å². The van der Waals surface area contributed by atoms with Crippen molar-refractivity contribution in [3.8, 4) is 0 Å². The Bertz CT molecular complexity index is 853. The number of nitrogens with one attached hydrogen (secondary N) is 1. The highest BCUT2D eigenvalue weighted by Gasteiger charge is 2.39. The molecule has 1 aromatic heterocycles. The van der Waals surface area contributed by atoms with Crippen molar-refractivity contribution in [1.29, 1.82) is 0 Å². The van der Waals surface area contributed by atoms with Crippen molar-refractivity contribution >= 4 is 34.9 Å². The number of carbonyl (C=O) groups excluding carboxylic acids is 1. The van der Waals surface area contributed by atoms with E-state index in [1.165, 1.54) is 11.3 Å². The average Bonchev–Trinajstić information content (AvgIpc) is 3.33. The second kappa shape index (κ2) is 9.32. The lowest BCUT2D eigenvalue weighted by molar-refractivity contribution is -0.144. The summed E-state index contributed by atoms with van der Waals surface area (Å²) in [4.78, 5) is 25.1. The molecule has 2 unspecified atom stereocenters. The lowest BCUT2D eigenvalue weighted by Crippen LogP contribution is -2.33. The van der Waals surface area contributed by atoms with Crippen LogP contribution in [0.1, 0.15) is 51.0 Å². The van der Waals surface area contributed by atoms with Gasteiger partial charge in [-0.3, -0.25) is 0 Å². The van der Waals surface area contributed by atoms with Crippen LogP contribution in [0.25, 0.3) is 0 Å². The molecule has 1 aliphatic heterocycles. The fraction of sp³-hybridized carbons (Fsp3) is 0.524. The van der Waals surface area contributed by atoms with E-state index in [0.717, 1.165) is 25.7 Å². The summed E-state index contributed by atoms with van der Waals surface area (Å²) in [7, 11) is 1.63. The standard InChI is InChI=1S/C21H26ClNO5S/c1-11-16(20(24)25)18(14-8-9-29-19(14)22)17(12(2)23-11)21(26)28-10-15(27-3)13-6-4-5-7-13/h8-9,13,15,18,23H,4-7,10H2,1-3H3,(H,24,25). The molecule has 0 bridgehead atoms. The number of carboxylic acids is 1. The number of aliphatic carboxylic acids is 1. The maximum atomic E-state index is 13.1. The van der Waals surface area contributed by atoms with E-state index in [1.54, 1.807) is 32.4 Å². The Hall–Kier alpha value is -1.83. The summed E-state index contributed by atoms with van der Waals surface area (Å²) in [6, 6.07) is 1.76. The molecule has 1 saturated carbocycles. The molecule has 0 spiro atoms. The Morgan fingerprint density at radius 1 is 1.28 bits per heavy atom. The van der Waals surface area contributed by atoms with Crippen LogP contribution in [0, 0.1) is 5.92 Å². The number of hydrogen-bond acceptors (Lipinski definition) is 6. The molecule has 0 saturated heterocycles. The Kier molecular flexibility index (Phi) is 7.03. The number of rotatable bonds is 7. The third-order valence-corrected chi connectivity index (χ3v) is 6.98. The van der Waals surface area contributed by atoms with Gasteiger partial charge in [0, 0.05) is 18.5 Å². The van der Waals surface area contributed by atoms with Crippen molar-refractivity contribution in [2.45, 2.75) is 51.6 Å². The monoisotopic (exact) mass is 439 g/mol. The first kappa shape index (κ1) is 21.9. The third-order valence-electron chi connectivity index (χ3n) is 5.77. The molecule has 2 atom stereocenters. The van der Waals surface area contributed by atoms with E-state index >= 15 is 0 Å². The predicted octanol–water partition coefficient (Wildman–Crippen LogP) is 4.47. The molecule has 29 heavy (non-hydrogen) atoms. The first-order valence-electron chi connectivity index (χ1n) is 9.69. The maximum absolute atomic E-state index is 13.1. The summed E-state index contributed by atoms with van der Waals surface area (Å²) in [5.41, 5.74) is 2.02. The minimum atomic E-state index is -1.10. The molecule has 0 aromatic carbocycles. The second-order valence-electron chi connectivity index (χ2n) is 7.51. The van der Waals surface area contributed by atoms with Gasteiger partial charge in [-0.1, -0.05) is 24.4 Å². The van der Waals surface area contributed by atoms with Gasteiger partial charge in [-0.15, -0.1) is 11.3 Å². The van der Waals surface area contributed by atoms with Crippen molar-refractivity contribution in [3.05, 3.63) is 43.9 Å². The fourth-order valence-corrected chi connectivity index (χ4v) is 5.31. The van der Waals surface area contributed by atoms with Crippen LogP contribution in [0.4, 0.5) is 0 Å². The van der Waals surface area contributed by atoms with Crippen molar-refractivity contribution < 1.29 is 24.2 Å². The van der Waals surface area contributed by atoms with E-state index in [2.05, 4.69) is 5.32 Å². The number of halogens is 1. The van der Waals surface area contributed by atoms with Gasteiger partial charge in [0.2, 0.25) is 0 Å². The molecule has 8 heteroatoms. The van der Waals surface area contributed by atoms with Gasteiger partial charge in [0.25, 0.3) is 0 Å². The number of carbonyl (C=O) groups is 2. The number of dihydropyridines is 1. The van der Waals surface area contributed by atoms with E-state index in [4.69, 9.17) is 21.1 Å². The molecule has 3 rings (SSSR count). The highest BCUT2D eigenvalue weighted by Crippen LogP contribution is 2.43. The summed E-state index contributed by atoms with van der Waals surface area (Å²) in [5.74, 6) is -2.05. The van der Waals surface area contributed by atoms with Crippen molar-refractivity contribution in [3.63, 3.8) is 0 Å². The number of methoxy groups -OCH3 is 1. The topological polar surface area (TPSA) is 84.9 Å². The van der Waals surface area contributed by atoms with Crippen LogP contribution >= 0.6 is 22.9 Å². The summed E-state index contributed by atoms with van der Waals surface area (Å²) < 4.78 is 11.7. The number of hydrogen-bond donors (Lipinski definition) is 2. The van der Waals surface area contributed by atoms with Crippen LogP contribution in [-0.2, 0) is 19.1 Å². The zero-order chi connectivity index (χ0) is 21.1. The van der Waals surface area contributed by atoms with E-state index in [-0.39, 0.29) is 23.9 Å². The van der Waals surface area contributed by atoms with Gasteiger partial charge in [-0.25, -0.2) is 9.59 Å². The second-order valence-corrected chi connectivity index (χ2v) is 9.03. The van der Waals surface area contributed by atoms with Gasteiger partial charge in [-0.2, -0.15) is 0 Å². The molecule has 2 heterocycles. The van der Waals surface area contributed by atoms with Gasteiger partial charge in [-0.05, 0) is 49.6 Å². The predicted molar refractivity (Wildman–Crippen MR) is 112 cm³/mol. The molecule has 1 aliphatic carbocycles. The highest BCUT2D eigenvalue weighted by atomic mass is 35.5. The van der Waals surface area contributed by atoms with Crippen LogP contribution in [0.5, 0.6) is 0 Å². The van der Waals surface area contributed by atoms with E-state index < -0.39 is 17.9 Å². The van der Waals surface area contributed by atoms with Gasteiger partial charge < -0.3 is 19.9 Å². The van der Waals surface area contributed by atoms with Crippen LogP contribution < -0.4 is 5.32 Å². The van der Waals surface area contributed by atoms with Crippen LogP contribution in [0.3, 0.4) is 0 Å². The molecule has 158 valence electrons. The lowest BCUT2D eigenvalue weighted by Gasteiger charge is -2.30. The number of ether oxygens (including phenoxy) is 2. The number of esters is 1. The SMILES string of the molecule is COC(COC(=O)C1=C(C)NC(C)=C(C(=O)O)C1c1ccsc1Cl)C1CCCC1. The van der Waals surface area contributed by atoms with Crippen molar-refractivity contribution in [2.24, 2.45) is 5.92 Å². The molecular formula is C21H26ClNO5S. The summed E-state index contributed by atoms with van der Waals surface area (Å²) in [6.07, 6.45) is 4.31. The number of allylic oxidation sites excluding steroid dienone is 2. The minimum Gasteiger partial charge on any atom is -0.478 e. The van der Waals surface area contributed by atoms with Crippen LogP contribution in [0.2, 0.25) is 4.34 Å². The molecule has 0 radical (unpaired) electrons.